The second-order valence-electron chi connectivity index (χ2n) is 4.50. The summed E-state index contributed by atoms with van der Waals surface area (Å²) in [6.07, 6.45) is 4.15. The van der Waals surface area contributed by atoms with Crippen molar-refractivity contribution in [2.24, 2.45) is 17.3 Å². The Kier molecular flexibility index (Phi) is 2.41. The molecule has 0 aliphatic heterocycles. The lowest BCUT2D eigenvalue weighted by Crippen LogP contribution is -2.33. The fourth-order valence-electron chi connectivity index (χ4n) is 1.80. The standard InChI is InChI=1S/C11H18O/c1-8-5-6-10(7-12)9(2)11(8,3)4/h6-9H,5H2,1-4H3/t8-,9+/m1/s1. The molecule has 2 atom stereocenters. The van der Waals surface area contributed by atoms with Crippen molar-refractivity contribution >= 4 is 6.29 Å². The molecule has 0 bridgehead atoms. The Hall–Kier alpha value is -0.590. The summed E-state index contributed by atoms with van der Waals surface area (Å²) < 4.78 is 0. The molecular weight excluding hydrogens is 148 g/mol. The first kappa shape index (κ1) is 9.50. The van der Waals surface area contributed by atoms with Gasteiger partial charge in [0.15, 0.2) is 0 Å². The largest absolute Gasteiger partial charge is 0.298 e. The van der Waals surface area contributed by atoms with Gasteiger partial charge < -0.3 is 0 Å². The Morgan fingerprint density at radius 3 is 2.58 bits per heavy atom. The van der Waals surface area contributed by atoms with E-state index in [9.17, 15) is 4.79 Å². The Balaban J connectivity index is 2.95. The zero-order valence-electron chi connectivity index (χ0n) is 8.42. The van der Waals surface area contributed by atoms with Crippen LogP contribution < -0.4 is 0 Å². The van der Waals surface area contributed by atoms with E-state index >= 15 is 0 Å². The molecule has 0 saturated heterocycles. The van der Waals surface area contributed by atoms with E-state index < -0.39 is 0 Å². The molecule has 12 heavy (non-hydrogen) atoms. The van der Waals surface area contributed by atoms with Gasteiger partial charge in [0.1, 0.15) is 6.29 Å². The molecule has 1 nitrogen and oxygen atoms in total. The number of rotatable bonds is 1. The maximum Gasteiger partial charge on any atom is 0.145 e. The smallest absolute Gasteiger partial charge is 0.145 e. The summed E-state index contributed by atoms with van der Waals surface area (Å²) in [7, 11) is 0. The number of allylic oxidation sites excluding steroid dienone is 2. The lowest BCUT2D eigenvalue weighted by atomic mass is 9.64. The van der Waals surface area contributed by atoms with E-state index in [4.69, 9.17) is 0 Å². The van der Waals surface area contributed by atoms with Gasteiger partial charge in [0.25, 0.3) is 0 Å². The molecule has 1 aliphatic rings. The second kappa shape index (κ2) is 3.04. The third-order valence-electron chi connectivity index (χ3n) is 3.73. The van der Waals surface area contributed by atoms with E-state index in [-0.39, 0.29) is 5.41 Å². The highest BCUT2D eigenvalue weighted by Gasteiger charge is 2.36. The van der Waals surface area contributed by atoms with E-state index in [0.717, 1.165) is 18.3 Å². The molecular formula is C11H18O. The minimum absolute atomic E-state index is 0.269. The van der Waals surface area contributed by atoms with Crippen LogP contribution in [-0.4, -0.2) is 6.29 Å². The van der Waals surface area contributed by atoms with Gasteiger partial charge in [-0.2, -0.15) is 0 Å². The first-order valence-corrected chi connectivity index (χ1v) is 4.65. The van der Waals surface area contributed by atoms with Crippen molar-refractivity contribution in [1.82, 2.24) is 0 Å². The molecule has 1 rings (SSSR count). The average molecular weight is 166 g/mol. The van der Waals surface area contributed by atoms with Crippen LogP contribution in [0.4, 0.5) is 0 Å². The summed E-state index contributed by atoms with van der Waals surface area (Å²) in [6, 6.07) is 0. The lowest BCUT2D eigenvalue weighted by Gasteiger charge is -2.41. The van der Waals surface area contributed by atoms with Crippen LogP contribution in [0.2, 0.25) is 0 Å². The molecule has 1 aliphatic carbocycles. The monoisotopic (exact) mass is 166 g/mol. The third-order valence-corrected chi connectivity index (χ3v) is 3.73. The summed E-state index contributed by atoms with van der Waals surface area (Å²) >= 11 is 0. The van der Waals surface area contributed by atoms with E-state index in [1.165, 1.54) is 0 Å². The normalized spacial score (nSPS) is 34.2. The van der Waals surface area contributed by atoms with Gasteiger partial charge in [-0.05, 0) is 29.2 Å². The fourth-order valence-corrected chi connectivity index (χ4v) is 1.80. The lowest BCUT2D eigenvalue weighted by molar-refractivity contribution is -0.106. The van der Waals surface area contributed by atoms with Crippen molar-refractivity contribution in [2.45, 2.75) is 34.1 Å². The molecule has 0 N–H and O–H groups in total. The van der Waals surface area contributed by atoms with Gasteiger partial charge in [0.2, 0.25) is 0 Å². The molecule has 0 spiro atoms. The third kappa shape index (κ3) is 1.33. The first-order chi connectivity index (χ1) is 5.50. The topological polar surface area (TPSA) is 17.1 Å². The number of aldehydes is 1. The van der Waals surface area contributed by atoms with Crippen LogP contribution in [0.5, 0.6) is 0 Å². The van der Waals surface area contributed by atoms with Crippen LogP contribution >= 0.6 is 0 Å². The zero-order valence-corrected chi connectivity index (χ0v) is 8.42. The number of hydrogen-bond donors (Lipinski definition) is 0. The van der Waals surface area contributed by atoms with E-state index in [2.05, 4.69) is 33.8 Å². The predicted octanol–water partition coefficient (Wildman–Crippen LogP) is 2.81. The average Bonchev–Trinajstić information content (AvgIpc) is 2.02. The summed E-state index contributed by atoms with van der Waals surface area (Å²) in [5, 5.41) is 0. The molecule has 0 radical (unpaired) electrons. The van der Waals surface area contributed by atoms with Crippen LogP contribution in [0.15, 0.2) is 11.6 Å². The van der Waals surface area contributed by atoms with Crippen LogP contribution in [0, 0.1) is 17.3 Å². The molecule has 0 heterocycles. The van der Waals surface area contributed by atoms with Gasteiger partial charge in [0, 0.05) is 0 Å². The minimum atomic E-state index is 0.269. The maximum atomic E-state index is 10.7. The molecule has 0 unspecified atom stereocenters. The highest BCUT2D eigenvalue weighted by molar-refractivity contribution is 5.74. The summed E-state index contributed by atoms with van der Waals surface area (Å²) in [6.45, 7) is 8.90. The molecule has 0 aromatic heterocycles. The summed E-state index contributed by atoms with van der Waals surface area (Å²) in [5.74, 6) is 1.08. The molecule has 0 fully saturated rings. The van der Waals surface area contributed by atoms with Crippen molar-refractivity contribution in [2.75, 3.05) is 0 Å². The molecule has 0 aromatic carbocycles. The highest BCUT2D eigenvalue weighted by Crippen LogP contribution is 2.43. The van der Waals surface area contributed by atoms with Gasteiger partial charge in [-0.15, -0.1) is 0 Å². The van der Waals surface area contributed by atoms with Gasteiger partial charge in [0.05, 0.1) is 0 Å². The fraction of sp³-hybridized carbons (Fsp3) is 0.727. The SMILES string of the molecule is C[C@@H]1CC=C(C=O)[C@H](C)C1(C)C. The van der Waals surface area contributed by atoms with Gasteiger partial charge >= 0.3 is 0 Å². The van der Waals surface area contributed by atoms with Crippen molar-refractivity contribution in [1.29, 1.82) is 0 Å². The maximum absolute atomic E-state index is 10.7. The van der Waals surface area contributed by atoms with Gasteiger partial charge in [-0.25, -0.2) is 0 Å². The Morgan fingerprint density at radius 2 is 2.08 bits per heavy atom. The highest BCUT2D eigenvalue weighted by atomic mass is 16.1. The van der Waals surface area contributed by atoms with E-state index in [1.807, 2.05) is 0 Å². The zero-order chi connectivity index (χ0) is 9.35. The molecule has 0 saturated carbocycles. The minimum Gasteiger partial charge on any atom is -0.298 e. The van der Waals surface area contributed by atoms with Gasteiger partial charge in [-0.1, -0.05) is 33.8 Å². The Morgan fingerprint density at radius 1 is 1.50 bits per heavy atom. The number of hydrogen-bond acceptors (Lipinski definition) is 1. The number of carbonyl (C=O) groups is 1. The Bertz CT molecular complexity index is 213. The van der Waals surface area contributed by atoms with Crippen LogP contribution in [0.25, 0.3) is 0 Å². The van der Waals surface area contributed by atoms with Crippen LogP contribution in [0.3, 0.4) is 0 Å². The van der Waals surface area contributed by atoms with Crippen LogP contribution in [0.1, 0.15) is 34.1 Å². The first-order valence-electron chi connectivity index (χ1n) is 4.65. The number of carbonyl (C=O) groups excluding carboxylic acids is 1. The quantitative estimate of drug-likeness (QED) is 0.547. The summed E-state index contributed by atoms with van der Waals surface area (Å²) in [4.78, 5) is 10.7. The van der Waals surface area contributed by atoms with E-state index in [0.29, 0.717) is 11.8 Å². The molecule has 0 aromatic rings. The molecule has 0 amide bonds. The second-order valence-corrected chi connectivity index (χ2v) is 4.50. The van der Waals surface area contributed by atoms with E-state index in [1.54, 1.807) is 0 Å². The van der Waals surface area contributed by atoms with Crippen LogP contribution in [-0.2, 0) is 4.79 Å². The van der Waals surface area contributed by atoms with Crippen molar-refractivity contribution in [3.8, 4) is 0 Å². The van der Waals surface area contributed by atoms with Crippen molar-refractivity contribution < 1.29 is 4.79 Å². The van der Waals surface area contributed by atoms with Gasteiger partial charge in [-0.3, -0.25) is 4.79 Å². The van der Waals surface area contributed by atoms with Crippen molar-refractivity contribution in [3.05, 3.63) is 11.6 Å². The molecule has 1 heteroatoms. The Labute approximate surface area is 74.9 Å². The molecule has 68 valence electrons. The summed E-state index contributed by atoms with van der Waals surface area (Å²) in [5.41, 5.74) is 1.25. The van der Waals surface area contributed by atoms with Crippen molar-refractivity contribution in [3.63, 3.8) is 0 Å². The predicted molar refractivity (Wildman–Crippen MR) is 50.9 cm³/mol.